The summed E-state index contributed by atoms with van der Waals surface area (Å²) in [6, 6.07) is -0.728. The Bertz CT molecular complexity index is 1370. The molecule has 3 N–H and O–H groups in total. The maximum atomic E-state index is 13.3. The number of amides is 1. The summed E-state index contributed by atoms with van der Waals surface area (Å²) in [5.74, 6) is -0.547. The summed E-state index contributed by atoms with van der Waals surface area (Å²) in [5, 5.41) is 23.8. The van der Waals surface area contributed by atoms with Crippen LogP contribution in [-0.4, -0.2) is 46.9 Å². The Labute approximate surface area is 413 Å². The Kier molecular flexibility index (Phi) is 50.7. The van der Waals surface area contributed by atoms with Crippen LogP contribution < -0.4 is 5.32 Å². The van der Waals surface area contributed by atoms with E-state index >= 15 is 0 Å². The lowest BCUT2D eigenvalue weighted by Gasteiger charge is -2.24. The number of allylic oxidation sites excluding steroid dienone is 18. The lowest BCUT2D eigenvalue weighted by atomic mass is 10.0. The minimum absolute atomic E-state index is 0.0344. The number of hydrogen-bond donors (Lipinski definition) is 3. The van der Waals surface area contributed by atoms with Gasteiger partial charge in [0.25, 0.3) is 0 Å². The number of carbonyl (C=O) groups excluding carboxylic acids is 2. The molecule has 0 heterocycles. The van der Waals surface area contributed by atoms with Crippen molar-refractivity contribution in [2.24, 2.45) is 0 Å². The van der Waals surface area contributed by atoms with Gasteiger partial charge in [0.05, 0.1) is 25.2 Å². The smallest absolute Gasteiger partial charge is 0.306 e. The molecule has 0 aliphatic heterocycles. The second kappa shape index (κ2) is 53.5. The molecule has 0 spiro atoms. The zero-order valence-corrected chi connectivity index (χ0v) is 43.5. The summed E-state index contributed by atoms with van der Waals surface area (Å²) in [4.78, 5) is 26.2. The Morgan fingerprint density at radius 2 is 0.791 bits per heavy atom. The summed E-state index contributed by atoms with van der Waals surface area (Å²) < 4.78 is 5.93. The van der Waals surface area contributed by atoms with Crippen molar-refractivity contribution in [3.63, 3.8) is 0 Å². The number of hydrogen-bond acceptors (Lipinski definition) is 5. The third-order valence-corrected chi connectivity index (χ3v) is 12.0. The number of carbonyl (C=O) groups is 2. The second-order valence-electron chi connectivity index (χ2n) is 18.5. The van der Waals surface area contributed by atoms with Crippen LogP contribution in [0.2, 0.25) is 0 Å². The van der Waals surface area contributed by atoms with Gasteiger partial charge in [0.15, 0.2) is 0 Å². The fourth-order valence-corrected chi connectivity index (χ4v) is 7.83. The first-order valence-electron chi connectivity index (χ1n) is 27.7. The highest BCUT2D eigenvalue weighted by Crippen LogP contribution is 2.17. The highest BCUT2D eigenvalue weighted by atomic mass is 16.5. The van der Waals surface area contributed by atoms with Gasteiger partial charge in [-0.3, -0.25) is 9.59 Å². The van der Waals surface area contributed by atoms with Crippen LogP contribution in [0.4, 0.5) is 0 Å². The second-order valence-corrected chi connectivity index (χ2v) is 18.5. The van der Waals surface area contributed by atoms with Crippen LogP contribution >= 0.6 is 0 Å². The highest BCUT2D eigenvalue weighted by molar-refractivity contribution is 5.77. The van der Waals surface area contributed by atoms with Gasteiger partial charge in [0.2, 0.25) is 5.91 Å². The fourth-order valence-electron chi connectivity index (χ4n) is 7.83. The lowest BCUT2D eigenvalue weighted by Crippen LogP contribution is -2.46. The van der Waals surface area contributed by atoms with Crippen molar-refractivity contribution in [2.45, 2.75) is 257 Å². The highest BCUT2D eigenvalue weighted by Gasteiger charge is 2.24. The van der Waals surface area contributed by atoms with Gasteiger partial charge in [-0.2, -0.15) is 0 Å². The van der Waals surface area contributed by atoms with Crippen molar-refractivity contribution in [2.75, 3.05) is 6.61 Å². The van der Waals surface area contributed by atoms with E-state index in [9.17, 15) is 19.8 Å². The Balaban J connectivity index is 4.74. The van der Waals surface area contributed by atoms with Crippen molar-refractivity contribution in [3.05, 3.63) is 109 Å². The fraction of sp³-hybridized carbons (Fsp3) is 0.672. The molecule has 67 heavy (non-hydrogen) atoms. The molecule has 3 atom stereocenters. The minimum atomic E-state index is -0.811. The molecule has 0 radical (unpaired) electrons. The molecule has 0 rings (SSSR count). The maximum Gasteiger partial charge on any atom is 0.306 e. The Morgan fingerprint density at radius 3 is 1.25 bits per heavy atom. The standard InChI is InChI=1S/C61H103NO5/c1-4-7-10-13-16-19-22-25-28-30-31-33-36-39-42-45-48-51-54-61(66)67-57(52-49-46-43-40-37-34-32-29-26-23-20-17-14-11-8-5-2)55-60(65)62-58(56-63)59(64)53-50-47-44-41-38-35-27-24-21-18-15-12-9-6-3/h10,13,16-17,19-20,22-23,25-26,28-34,37,57-59,63-64H,4-9,11-12,14-15,18,21,24,27,35-36,38-56H2,1-3H3,(H,62,65)/b13-10+,19-16+,20-17+,25-22+,26-23+,30-28+,32-29+,33-31+,37-34+. The van der Waals surface area contributed by atoms with Gasteiger partial charge in [0, 0.05) is 6.42 Å². The molecule has 1 amide bonds. The maximum absolute atomic E-state index is 13.3. The van der Waals surface area contributed by atoms with E-state index in [1.165, 1.54) is 96.3 Å². The monoisotopic (exact) mass is 930 g/mol. The lowest BCUT2D eigenvalue weighted by molar-refractivity contribution is -0.151. The predicted octanol–water partition coefficient (Wildman–Crippen LogP) is 17.1. The van der Waals surface area contributed by atoms with Gasteiger partial charge in [0.1, 0.15) is 6.10 Å². The number of aliphatic hydroxyl groups excluding tert-OH is 2. The number of aliphatic hydroxyl groups is 2. The molecule has 382 valence electrons. The van der Waals surface area contributed by atoms with Crippen LogP contribution in [0, 0.1) is 0 Å². The van der Waals surface area contributed by atoms with Crippen LogP contribution in [0.1, 0.15) is 239 Å². The van der Waals surface area contributed by atoms with Gasteiger partial charge in [-0.1, -0.05) is 265 Å². The first-order valence-corrected chi connectivity index (χ1v) is 27.7. The zero-order chi connectivity index (χ0) is 48.8. The first kappa shape index (κ1) is 63.5. The van der Waals surface area contributed by atoms with Crippen LogP contribution in [0.25, 0.3) is 0 Å². The molecule has 0 aromatic carbocycles. The van der Waals surface area contributed by atoms with E-state index in [2.05, 4.69) is 105 Å². The summed E-state index contributed by atoms with van der Waals surface area (Å²) >= 11 is 0. The van der Waals surface area contributed by atoms with Crippen molar-refractivity contribution in [1.29, 1.82) is 0 Å². The average Bonchev–Trinajstić information content (AvgIpc) is 3.32. The average molecular weight is 930 g/mol. The van der Waals surface area contributed by atoms with Gasteiger partial charge in [-0.05, 0) is 70.6 Å². The van der Waals surface area contributed by atoms with Gasteiger partial charge in [-0.25, -0.2) is 0 Å². The van der Waals surface area contributed by atoms with Crippen LogP contribution in [0.3, 0.4) is 0 Å². The normalized spacial score (nSPS) is 14.0. The third kappa shape index (κ3) is 48.8. The molecule has 6 nitrogen and oxygen atoms in total. The van der Waals surface area contributed by atoms with Crippen molar-refractivity contribution in [3.8, 4) is 0 Å². The largest absolute Gasteiger partial charge is 0.462 e. The first-order chi connectivity index (χ1) is 33.0. The molecule has 0 aromatic heterocycles. The molecule has 0 fully saturated rings. The number of unbranched alkanes of at least 4 members (excludes halogenated alkanes) is 25. The molecule has 0 aliphatic rings. The molecular weight excluding hydrogens is 827 g/mol. The van der Waals surface area contributed by atoms with Crippen molar-refractivity contribution >= 4 is 11.9 Å². The van der Waals surface area contributed by atoms with E-state index in [-0.39, 0.29) is 24.9 Å². The molecule has 6 heteroatoms. The molecule has 0 saturated carbocycles. The summed E-state index contributed by atoms with van der Waals surface area (Å²) in [6.07, 6.45) is 72.8. The topological polar surface area (TPSA) is 95.9 Å². The van der Waals surface area contributed by atoms with Gasteiger partial charge >= 0.3 is 5.97 Å². The van der Waals surface area contributed by atoms with Crippen LogP contribution in [-0.2, 0) is 14.3 Å². The molecule has 3 unspecified atom stereocenters. The SMILES string of the molecule is CCC/C=C/C=C/C=C/C=C/C=C/CCCCCCCC(=O)OC(CCCCC/C=C/C=C/C=C/C=C/CCCCC)CC(=O)NC(CO)C(O)CCCCCCCCCCCCCCCC. The zero-order valence-electron chi connectivity index (χ0n) is 43.5. The van der Waals surface area contributed by atoms with Crippen LogP contribution in [0.5, 0.6) is 0 Å². The molecule has 0 bridgehead atoms. The molecule has 0 saturated heterocycles. The molecule has 0 aliphatic carbocycles. The van der Waals surface area contributed by atoms with E-state index in [0.717, 1.165) is 96.3 Å². The molecule has 0 aromatic rings. The van der Waals surface area contributed by atoms with Gasteiger partial charge < -0.3 is 20.3 Å². The van der Waals surface area contributed by atoms with E-state index in [0.29, 0.717) is 19.3 Å². The third-order valence-electron chi connectivity index (χ3n) is 12.0. The number of esters is 1. The van der Waals surface area contributed by atoms with E-state index in [4.69, 9.17) is 4.74 Å². The number of nitrogens with one attached hydrogen (secondary N) is 1. The summed E-state index contributed by atoms with van der Waals surface area (Å²) in [5.41, 5.74) is 0. The summed E-state index contributed by atoms with van der Waals surface area (Å²) in [7, 11) is 0. The van der Waals surface area contributed by atoms with Crippen LogP contribution in [0.15, 0.2) is 109 Å². The number of ether oxygens (including phenoxy) is 1. The predicted molar refractivity (Wildman–Crippen MR) is 291 cm³/mol. The summed E-state index contributed by atoms with van der Waals surface area (Å²) in [6.45, 7) is 6.34. The minimum Gasteiger partial charge on any atom is -0.462 e. The van der Waals surface area contributed by atoms with E-state index in [1.54, 1.807) is 0 Å². The van der Waals surface area contributed by atoms with Crippen molar-refractivity contribution in [1.82, 2.24) is 5.32 Å². The number of rotatable bonds is 48. The Morgan fingerprint density at radius 1 is 0.433 bits per heavy atom. The van der Waals surface area contributed by atoms with Gasteiger partial charge in [-0.15, -0.1) is 0 Å². The Hall–Kier alpha value is -3.48. The quantitative estimate of drug-likeness (QED) is 0.0321. The molecular formula is C61H103NO5. The van der Waals surface area contributed by atoms with Crippen molar-refractivity contribution < 1.29 is 24.5 Å². The van der Waals surface area contributed by atoms with E-state index in [1.807, 2.05) is 30.4 Å². The van der Waals surface area contributed by atoms with E-state index < -0.39 is 18.2 Å².